The van der Waals surface area contributed by atoms with Crippen LogP contribution < -0.4 is 0 Å². The third kappa shape index (κ3) is 3.24. The van der Waals surface area contributed by atoms with Crippen molar-refractivity contribution in [3.05, 3.63) is 76.8 Å². The molecule has 8 heteroatoms. The molecule has 0 saturated carbocycles. The van der Waals surface area contributed by atoms with Gasteiger partial charge in [0.1, 0.15) is 17.9 Å². The number of hydrogen-bond donors (Lipinski definition) is 0. The molecule has 0 aliphatic carbocycles. The second-order valence-corrected chi connectivity index (χ2v) is 6.28. The maximum atomic E-state index is 13.1. The smallest absolute Gasteiger partial charge is 0.280 e. The van der Waals surface area contributed by atoms with Crippen LogP contribution in [0.5, 0.6) is 0 Å². The molecule has 0 aromatic carbocycles. The number of fused-ring (bicyclic) bond motifs is 1. The standard InChI is InChI=1S/C20H15F2N5O/c1-12-5-7-15(19(25-12)16-3-2-4-17(26-16)20(21)22)13-6-8-18-23-9-14(10-24-28)27(18)11-13/h2-9,11,20H,10H2,1H3. The molecule has 0 saturated heterocycles. The molecule has 6 nitrogen and oxygen atoms in total. The second kappa shape index (κ2) is 7.22. The zero-order valence-electron chi connectivity index (χ0n) is 14.9. The van der Waals surface area contributed by atoms with Gasteiger partial charge in [-0.1, -0.05) is 17.3 Å². The van der Waals surface area contributed by atoms with Crippen LogP contribution in [0.2, 0.25) is 0 Å². The van der Waals surface area contributed by atoms with E-state index >= 15 is 0 Å². The quantitative estimate of drug-likeness (QED) is 0.459. The number of nitroso groups, excluding NO2 is 1. The van der Waals surface area contributed by atoms with Crippen molar-refractivity contribution in [2.75, 3.05) is 0 Å². The largest absolute Gasteiger partial charge is 0.301 e. The molecule has 4 heterocycles. The number of aromatic nitrogens is 4. The van der Waals surface area contributed by atoms with E-state index in [1.807, 2.05) is 37.4 Å². The average molecular weight is 379 g/mol. The lowest BCUT2D eigenvalue weighted by atomic mass is 10.0. The molecule has 4 aromatic heterocycles. The lowest BCUT2D eigenvalue weighted by molar-refractivity contribution is 0.146. The molecule has 28 heavy (non-hydrogen) atoms. The average Bonchev–Trinajstić information content (AvgIpc) is 3.10. The van der Waals surface area contributed by atoms with Crippen LogP contribution in [-0.4, -0.2) is 19.4 Å². The third-order valence-corrected chi connectivity index (χ3v) is 4.39. The van der Waals surface area contributed by atoms with Crippen LogP contribution in [-0.2, 0) is 6.54 Å². The maximum Gasteiger partial charge on any atom is 0.280 e. The van der Waals surface area contributed by atoms with Crippen LogP contribution in [0.3, 0.4) is 0 Å². The first-order valence-corrected chi connectivity index (χ1v) is 8.55. The molecule has 0 fully saturated rings. The van der Waals surface area contributed by atoms with Gasteiger partial charge < -0.3 is 4.40 Å². The first-order valence-electron chi connectivity index (χ1n) is 8.55. The molecule has 0 unspecified atom stereocenters. The van der Waals surface area contributed by atoms with E-state index in [1.165, 1.54) is 6.07 Å². The van der Waals surface area contributed by atoms with Crippen molar-refractivity contribution in [1.82, 2.24) is 19.4 Å². The number of pyridine rings is 3. The minimum Gasteiger partial charge on any atom is -0.301 e. The Hall–Kier alpha value is -3.55. The summed E-state index contributed by atoms with van der Waals surface area (Å²) in [7, 11) is 0. The molecular formula is C20H15F2N5O. The van der Waals surface area contributed by atoms with E-state index in [0.29, 0.717) is 22.7 Å². The molecule has 0 radical (unpaired) electrons. The third-order valence-electron chi connectivity index (χ3n) is 4.39. The summed E-state index contributed by atoms with van der Waals surface area (Å²) >= 11 is 0. The van der Waals surface area contributed by atoms with Crippen LogP contribution >= 0.6 is 0 Å². The van der Waals surface area contributed by atoms with Gasteiger partial charge in [0.15, 0.2) is 0 Å². The fourth-order valence-corrected chi connectivity index (χ4v) is 3.06. The summed E-state index contributed by atoms with van der Waals surface area (Å²) in [6, 6.07) is 11.9. The van der Waals surface area contributed by atoms with Crippen LogP contribution in [0, 0.1) is 11.8 Å². The van der Waals surface area contributed by atoms with E-state index in [4.69, 9.17) is 0 Å². The first kappa shape index (κ1) is 17.8. The lowest BCUT2D eigenvalue weighted by Crippen LogP contribution is -1.98. The van der Waals surface area contributed by atoms with Gasteiger partial charge in [0, 0.05) is 23.0 Å². The highest BCUT2D eigenvalue weighted by atomic mass is 19.3. The predicted octanol–water partition coefficient (Wildman–Crippen LogP) is 4.97. The van der Waals surface area contributed by atoms with Crippen LogP contribution in [0.4, 0.5) is 8.78 Å². The lowest BCUT2D eigenvalue weighted by Gasteiger charge is -2.11. The highest BCUT2D eigenvalue weighted by Crippen LogP contribution is 2.31. The summed E-state index contributed by atoms with van der Waals surface area (Å²) in [5, 5.41) is 2.93. The van der Waals surface area contributed by atoms with Gasteiger partial charge in [-0.3, -0.25) is 4.98 Å². The van der Waals surface area contributed by atoms with Gasteiger partial charge in [0.25, 0.3) is 6.43 Å². The van der Waals surface area contributed by atoms with E-state index in [0.717, 1.165) is 16.8 Å². The van der Waals surface area contributed by atoms with E-state index in [-0.39, 0.29) is 12.2 Å². The Bertz CT molecular complexity index is 1170. The van der Waals surface area contributed by atoms with Gasteiger partial charge in [-0.2, -0.15) is 4.91 Å². The molecular weight excluding hydrogens is 364 g/mol. The van der Waals surface area contributed by atoms with Crippen LogP contribution in [0.1, 0.15) is 23.5 Å². The zero-order chi connectivity index (χ0) is 19.7. The number of nitrogens with zero attached hydrogens (tertiary/aromatic N) is 5. The number of imidazole rings is 1. The van der Waals surface area contributed by atoms with Crippen LogP contribution in [0.15, 0.2) is 60.0 Å². The Morgan fingerprint density at radius 3 is 2.75 bits per heavy atom. The molecule has 0 aliphatic heterocycles. The molecule has 4 rings (SSSR count). The zero-order valence-corrected chi connectivity index (χ0v) is 14.9. The Kier molecular flexibility index (Phi) is 4.60. The molecule has 0 N–H and O–H groups in total. The molecule has 0 bridgehead atoms. The van der Waals surface area contributed by atoms with Gasteiger partial charge in [0.2, 0.25) is 0 Å². The van der Waals surface area contributed by atoms with Crippen molar-refractivity contribution in [2.45, 2.75) is 19.9 Å². The van der Waals surface area contributed by atoms with Crippen molar-refractivity contribution in [3.8, 4) is 22.5 Å². The van der Waals surface area contributed by atoms with Gasteiger partial charge >= 0.3 is 0 Å². The first-order chi connectivity index (χ1) is 13.6. The topological polar surface area (TPSA) is 72.5 Å². The van der Waals surface area contributed by atoms with Gasteiger partial charge in [0.05, 0.1) is 23.3 Å². The number of alkyl halides is 2. The summed E-state index contributed by atoms with van der Waals surface area (Å²) in [5.74, 6) is 0. The molecule has 0 atom stereocenters. The maximum absolute atomic E-state index is 13.1. The summed E-state index contributed by atoms with van der Waals surface area (Å²) in [6.45, 7) is 1.83. The second-order valence-electron chi connectivity index (χ2n) is 6.28. The van der Waals surface area contributed by atoms with E-state index in [9.17, 15) is 13.7 Å². The molecule has 0 aliphatic rings. The Morgan fingerprint density at radius 1 is 1.11 bits per heavy atom. The summed E-state index contributed by atoms with van der Waals surface area (Å²) in [5.41, 5.74) is 4.21. The monoisotopic (exact) mass is 379 g/mol. The van der Waals surface area contributed by atoms with E-state index in [2.05, 4.69) is 20.1 Å². The fraction of sp³-hybridized carbons (Fsp3) is 0.150. The van der Waals surface area contributed by atoms with Gasteiger partial charge in [-0.25, -0.2) is 18.7 Å². The van der Waals surface area contributed by atoms with Gasteiger partial charge in [-0.05, 0) is 37.3 Å². The minimum absolute atomic E-state index is 0.00160. The Labute approximate surface area is 158 Å². The summed E-state index contributed by atoms with van der Waals surface area (Å²) in [6.07, 6.45) is 0.770. The van der Waals surface area contributed by atoms with E-state index in [1.54, 1.807) is 22.7 Å². The molecule has 140 valence electrons. The Balaban J connectivity index is 1.89. The van der Waals surface area contributed by atoms with Crippen molar-refractivity contribution < 1.29 is 8.78 Å². The minimum atomic E-state index is -2.66. The number of hydrogen-bond acceptors (Lipinski definition) is 5. The van der Waals surface area contributed by atoms with Crippen molar-refractivity contribution in [1.29, 1.82) is 0 Å². The Morgan fingerprint density at radius 2 is 1.96 bits per heavy atom. The number of rotatable bonds is 5. The van der Waals surface area contributed by atoms with Crippen LogP contribution in [0.25, 0.3) is 28.2 Å². The highest BCUT2D eigenvalue weighted by Gasteiger charge is 2.15. The predicted molar refractivity (Wildman–Crippen MR) is 101 cm³/mol. The highest BCUT2D eigenvalue weighted by molar-refractivity contribution is 5.79. The molecule has 4 aromatic rings. The summed E-state index contributed by atoms with van der Waals surface area (Å²) < 4.78 is 28.0. The normalized spacial score (nSPS) is 11.3. The van der Waals surface area contributed by atoms with Crippen molar-refractivity contribution >= 4 is 5.65 Å². The SMILES string of the molecule is Cc1ccc(-c2ccc3ncc(CN=O)n3c2)c(-c2cccc(C(F)F)n2)n1. The van der Waals surface area contributed by atoms with Crippen molar-refractivity contribution in [2.24, 2.45) is 5.18 Å². The summed E-state index contributed by atoms with van der Waals surface area (Å²) in [4.78, 5) is 23.5. The fourth-order valence-electron chi connectivity index (χ4n) is 3.06. The number of aryl methyl sites for hydroxylation is 1. The molecule has 0 amide bonds. The van der Waals surface area contributed by atoms with Gasteiger partial charge in [-0.15, -0.1) is 0 Å². The number of halogens is 2. The van der Waals surface area contributed by atoms with E-state index < -0.39 is 6.43 Å². The molecule has 0 spiro atoms. The van der Waals surface area contributed by atoms with Crippen molar-refractivity contribution in [3.63, 3.8) is 0 Å².